The van der Waals surface area contributed by atoms with E-state index in [0.29, 0.717) is 12.1 Å². The SMILES string of the molecule is O=C(O)C1(C(=O)O)CCc2ccccc2N1. The third-order valence-corrected chi connectivity index (χ3v) is 2.86. The number of benzene rings is 1. The number of nitrogens with one attached hydrogen (secondary N) is 1. The molecule has 5 nitrogen and oxygen atoms in total. The van der Waals surface area contributed by atoms with Gasteiger partial charge in [0.25, 0.3) is 0 Å². The highest BCUT2D eigenvalue weighted by Crippen LogP contribution is 2.31. The summed E-state index contributed by atoms with van der Waals surface area (Å²) in [7, 11) is 0. The number of para-hydroxylation sites is 1. The molecule has 0 radical (unpaired) electrons. The smallest absolute Gasteiger partial charge is 0.341 e. The van der Waals surface area contributed by atoms with E-state index in [1.54, 1.807) is 12.1 Å². The molecule has 1 aliphatic heterocycles. The van der Waals surface area contributed by atoms with Crippen molar-refractivity contribution in [3.8, 4) is 0 Å². The van der Waals surface area contributed by atoms with E-state index >= 15 is 0 Å². The lowest BCUT2D eigenvalue weighted by atomic mass is 9.86. The van der Waals surface area contributed by atoms with Gasteiger partial charge >= 0.3 is 11.9 Å². The fourth-order valence-corrected chi connectivity index (χ4v) is 1.89. The molecule has 84 valence electrons. The summed E-state index contributed by atoms with van der Waals surface area (Å²) in [5.74, 6) is -2.70. The summed E-state index contributed by atoms with van der Waals surface area (Å²) in [5.41, 5.74) is -0.367. The van der Waals surface area contributed by atoms with E-state index in [0.717, 1.165) is 5.56 Å². The van der Waals surface area contributed by atoms with Gasteiger partial charge in [-0.2, -0.15) is 0 Å². The van der Waals surface area contributed by atoms with Crippen LogP contribution in [0, 0.1) is 0 Å². The molecule has 1 aromatic rings. The number of anilines is 1. The molecule has 0 atom stereocenters. The third-order valence-electron chi connectivity index (χ3n) is 2.86. The molecule has 0 spiro atoms. The number of hydrogen-bond acceptors (Lipinski definition) is 3. The largest absolute Gasteiger partial charge is 0.479 e. The van der Waals surface area contributed by atoms with E-state index in [1.165, 1.54) is 0 Å². The van der Waals surface area contributed by atoms with Gasteiger partial charge in [0.1, 0.15) is 0 Å². The van der Waals surface area contributed by atoms with E-state index < -0.39 is 17.5 Å². The minimum atomic E-state index is -1.89. The van der Waals surface area contributed by atoms with Gasteiger partial charge < -0.3 is 15.5 Å². The summed E-state index contributed by atoms with van der Waals surface area (Å²) in [5, 5.41) is 20.7. The third kappa shape index (κ3) is 1.41. The van der Waals surface area contributed by atoms with E-state index in [-0.39, 0.29) is 6.42 Å². The van der Waals surface area contributed by atoms with Gasteiger partial charge in [-0.05, 0) is 24.5 Å². The van der Waals surface area contributed by atoms with Crippen LogP contribution in [0.15, 0.2) is 24.3 Å². The number of aliphatic carboxylic acids is 2. The van der Waals surface area contributed by atoms with Crippen LogP contribution in [0.2, 0.25) is 0 Å². The Morgan fingerprint density at radius 3 is 2.44 bits per heavy atom. The number of hydrogen-bond donors (Lipinski definition) is 3. The first-order valence-electron chi connectivity index (χ1n) is 4.89. The summed E-state index contributed by atoms with van der Waals surface area (Å²) in [6, 6.07) is 7.13. The zero-order chi connectivity index (χ0) is 11.8. The lowest BCUT2D eigenvalue weighted by Crippen LogP contribution is -2.55. The maximum absolute atomic E-state index is 11.1. The van der Waals surface area contributed by atoms with Crippen LogP contribution in [-0.4, -0.2) is 27.7 Å². The minimum absolute atomic E-state index is 0.0503. The van der Waals surface area contributed by atoms with Crippen molar-refractivity contribution in [2.45, 2.75) is 18.4 Å². The fourth-order valence-electron chi connectivity index (χ4n) is 1.89. The number of fused-ring (bicyclic) bond motifs is 1. The van der Waals surface area contributed by atoms with Gasteiger partial charge in [0.2, 0.25) is 5.54 Å². The van der Waals surface area contributed by atoms with Crippen LogP contribution < -0.4 is 5.32 Å². The molecular formula is C11H11NO4. The predicted molar refractivity (Wildman–Crippen MR) is 56.4 cm³/mol. The Bertz CT molecular complexity index is 441. The van der Waals surface area contributed by atoms with Crippen LogP contribution in [0.4, 0.5) is 5.69 Å². The van der Waals surface area contributed by atoms with Crippen molar-refractivity contribution in [2.75, 3.05) is 5.32 Å². The van der Waals surface area contributed by atoms with Crippen molar-refractivity contribution >= 4 is 17.6 Å². The molecule has 2 rings (SSSR count). The highest BCUT2D eigenvalue weighted by atomic mass is 16.4. The second-order valence-corrected chi connectivity index (χ2v) is 3.80. The van der Waals surface area contributed by atoms with Gasteiger partial charge in [-0.1, -0.05) is 18.2 Å². The molecule has 0 fully saturated rings. The Labute approximate surface area is 91.7 Å². The maximum atomic E-state index is 11.1. The van der Waals surface area contributed by atoms with E-state index in [2.05, 4.69) is 5.32 Å². The Hall–Kier alpha value is -2.04. The van der Waals surface area contributed by atoms with Gasteiger partial charge in [-0.15, -0.1) is 0 Å². The average molecular weight is 221 g/mol. The van der Waals surface area contributed by atoms with Crippen molar-refractivity contribution in [1.82, 2.24) is 0 Å². The molecule has 5 heteroatoms. The van der Waals surface area contributed by atoms with Gasteiger partial charge in [0, 0.05) is 5.69 Å². The molecule has 0 saturated carbocycles. The first-order valence-corrected chi connectivity index (χ1v) is 4.89. The zero-order valence-corrected chi connectivity index (χ0v) is 8.43. The van der Waals surface area contributed by atoms with Crippen LogP contribution in [0.5, 0.6) is 0 Å². The van der Waals surface area contributed by atoms with Gasteiger partial charge in [-0.25, -0.2) is 9.59 Å². The molecule has 0 aromatic heterocycles. The van der Waals surface area contributed by atoms with Crippen LogP contribution >= 0.6 is 0 Å². The first-order chi connectivity index (χ1) is 7.56. The van der Waals surface area contributed by atoms with Crippen molar-refractivity contribution in [2.24, 2.45) is 0 Å². The highest BCUT2D eigenvalue weighted by Gasteiger charge is 2.48. The number of rotatable bonds is 2. The van der Waals surface area contributed by atoms with Crippen molar-refractivity contribution in [1.29, 1.82) is 0 Å². The molecule has 3 N–H and O–H groups in total. The minimum Gasteiger partial charge on any atom is -0.479 e. The van der Waals surface area contributed by atoms with Crippen molar-refractivity contribution in [3.63, 3.8) is 0 Å². The number of carboxylic acid groups (broad SMARTS) is 2. The summed E-state index contributed by atoms with van der Waals surface area (Å²) in [6.07, 6.45) is 0.496. The fraction of sp³-hybridized carbons (Fsp3) is 0.273. The maximum Gasteiger partial charge on any atom is 0.341 e. The number of aryl methyl sites for hydroxylation is 1. The van der Waals surface area contributed by atoms with Crippen LogP contribution in [0.3, 0.4) is 0 Å². The molecule has 0 saturated heterocycles. The van der Waals surface area contributed by atoms with Gasteiger partial charge in [0.15, 0.2) is 0 Å². The summed E-state index contributed by atoms with van der Waals surface area (Å²) >= 11 is 0. The standard InChI is InChI=1S/C11H11NO4/c13-9(14)11(10(15)16)6-5-7-3-1-2-4-8(7)12-11/h1-4,12H,5-6H2,(H,13,14)(H,15,16). The Morgan fingerprint density at radius 1 is 1.19 bits per heavy atom. The summed E-state index contributed by atoms with van der Waals surface area (Å²) in [6.45, 7) is 0. The normalized spacial score (nSPS) is 17.0. The first kappa shape index (κ1) is 10.5. The Kier molecular flexibility index (Phi) is 2.30. The number of carbonyl (C=O) groups is 2. The van der Waals surface area contributed by atoms with Crippen LogP contribution in [-0.2, 0) is 16.0 Å². The Morgan fingerprint density at radius 2 is 1.81 bits per heavy atom. The average Bonchev–Trinajstić information content (AvgIpc) is 2.27. The lowest BCUT2D eigenvalue weighted by molar-refractivity contribution is -0.155. The zero-order valence-electron chi connectivity index (χ0n) is 8.43. The molecule has 0 bridgehead atoms. The second kappa shape index (κ2) is 3.52. The second-order valence-electron chi connectivity index (χ2n) is 3.80. The van der Waals surface area contributed by atoms with Gasteiger partial charge in [0.05, 0.1) is 0 Å². The summed E-state index contributed by atoms with van der Waals surface area (Å²) < 4.78 is 0. The molecule has 1 heterocycles. The number of carboxylic acids is 2. The topological polar surface area (TPSA) is 86.6 Å². The van der Waals surface area contributed by atoms with Crippen LogP contribution in [0.25, 0.3) is 0 Å². The molecular weight excluding hydrogens is 210 g/mol. The predicted octanol–water partition coefficient (Wildman–Crippen LogP) is 0.953. The highest BCUT2D eigenvalue weighted by molar-refractivity contribution is 6.06. The van der Waals surface area contributed by atoms with Crippen molar-refractivity contribution < 1.29 is 19.8 Å². The van der Waals surface area contributed by atoms with Crippen molar-refractivity contribution in [3.05, 3.63) is 29.8 Å². The quantitative estimate of drug-likeness (QED) is 0.647. The Balaban J connectivity index is 2.43. The van der Waals surface area contributed by atoms with E-state index in [1.807, 2.05) is 12.1 Å². The monoisotopic (exact) mass is 221 g/mol. The molecule has 1 aromatic carbocycles. The van der Waals surface area contributed by atoms with Crippen LogP contribution in [0.1, 0.15) is 12.0 Å². The molecule has 0 aliphatic carbocycles. The molecule has 0 unspecified atom stereocenters. The molecule has 16 heavy (non-hydrogen) atoms. The molecule has 0 amide bonds. The molecule has 1 aliphatic rings. The van der Waals surface area contributed by atoms with E-state index in [9.17, 15) is 9.59 Å². The van der Waals surface area contributed by atoms with Gasteiger partial charge in [-0.3, -0.25) is 0 Å². The lowest BCUT2D eigenvalue weighted by Gasteiger charge is -2.32. The van der Waals surface area contributed by atoms with E-state index in [4.69, 9.17) is 10.2 Å². The summed E-state index contributed by atoms with van der Waals surface area (Å²) in [4.78, 5) is 22.2.